The topological polar surface area (TPSA) is 42.0 Å². The van der Waals surface area contributed by atoms with Crippen molar-refractivity contribution >= 4 is 33.4 Å². The summed E-state index contributed by atoms with van der Waals surface area (Å²) in [5.74, 6) is 0.307. The van der Waals surface area contributed by atoms with Crippen molar-refractivity contribution in [3.8, 4) is 0 Å². The van der Waals surface area contributed by atoms with E-state index in [1.807, 2.05) is 13.8 Å². The fraction of sp³-hybridized carbons (Fsp3) is 0.455. The van der Waals surface area contributed by atoms with Crippen molar-refractivity contribution in [2.75, 3.05) is 12.4 Å². The molecular formula is C11H14BrClN2O. The third kappa shape index (κ3) is 3.76. The van der Waals surface area contributed by atoms with Gasteiger partial charge in [0.1, 0.15) is 5.69 Å². The van der Waals surface area contributed by atoms with Crippen LogP contribution in [-0.2, 0) is 0 Å². The maximum absolute atomic E-state index is 11.8. The summed E-state index contributed by atoms with van der Waals surface area (Å²) in [7, 11) is 0. The van der Waals surface area contributed by atoms with Crippen LogP contribution < -0.4 is 5.32 Å². The Bertz CT molecular complexity index is 382. The molecule has 3 nitrogen and oxygen atoms in total. The molecule has 0 saturated heterocycles. The summed E-state index contributed by atoms with van der Waals surface area (Å²) < 4.78 is 0.691. The van der Waals surface area contributed by atoms with Crippen LogP contribution in [0.1, 0.15) is 24.3 Å². The molecule has 5 heteroatoms. The molecule has 1 heterocycles. The third-order valence-electron chi connectivity index (χ3n) is 2.06. The average molecular weight is 306 g/mol. The first kappa shape index (κ1) is 13.5. The largest absolute Gasteiger partial charge is 0.350 e. The van der Waals surface area contributed by atoms with Gasteiger partial charge in [-0.2, -0.15) is 0 Å². The highest BCUT2D eigenvalue weighted by atomic mass is 79.9. The van der Waals surface area contributed by atoms with Crippen LogP contribution in [-0.4, -0.2) is 23.3 Å². The van der Waals surface area contributed by atoms with E-state index in [1.54, 1.807) is 18.3 Å². The van der Waals surface area contributed by atoms with E-state index in [4.69, 9.17) is 11.6 Å². The summed E-state index contributed by atoms with van der Waals surface area (Å²) in [5, 5.41) is 2.82. The maximum atomic E-state index is 11.8. The fourth-order valence-corrected chi connectivity index (χ4v) is 1.53. The summed E-state index contributed by atoms with van der Waals surface area (Å²) in [5.41, 5.74) is 0.284. The summed E-state index contributed by atoms with van der Waals surface area (Å²) >= 11 is 9.06. The van der Waals surface area contributed by atoms with Crippen LogP contribution in [0.15, 0.2) is 22.8 Å². The molecule has 1 amide bonds. The van der Waals surface area contributed by atoms with Gasteiger partial charge in [-0.1, -0.05) is 13.8 Å². The number of aromatic nitrogens is 1. The summed E-state index contributed by atoms with van der Waals surface area (Å²) in [4.78, 5) is 15.8. The van der Waals surface area contributed by atoms with E-state index in [0.717, 1.165) is 0 Å². The Kier molecular flexibility index (Phi) is 4.74. The number of rotatable bonds is 4. The molecule has 0 bridgehead atoms. The van der Waals surface area contributed by atoms with Gasteiger partial charge >= 0.3 is 0 Å². The second-order valence-corrected chi connectivity index (χ2v) is 5.44. The van der Waals surface area contributed by atoms with Gasteiger partial charge in [0, 0.05) is 23.1 Å². The lowest BCUT2D eigenvalue weighted by Crippen LogP contribution is -2.35. The predicted molar refractivity (Wildman–Crippen MR) is 68.8 cm³/mol. The molecule has 1 aromatic heterocycles. The highest BCUT2D eigenvalue weighted by molar-refractivity contribution is 9.10. The molecule has 0 saturated carbocycles. The van der Waals surface area contributed by atoms with Crippen molar-refractivity contribution in [1.82, 2.24) is 10.3 Å². The van der Waals surface area contributed by atoms with E-state index >= 15 is 0 Å². The molecule has 0 aliphatic rings. The lowest BCUT2D eigenvalue weighted by atomic mass is 9.96. The molecule has 1 N–H and O–H groups in total. The number of carbonyl (C=O) groups excluding carboxylic acids is 1. The van der Waals surface area contributed by atoms with E-state index in [9.17, 15) is 4.79 Å². The first-order valence-corrected chi connectivity index (χ1v) is 6.24. The van der Waals surface area contributed by atoms with Gasteiger partial charge in [-0.25, -0.2) is 4.98 Å². The number of nitrogens with one attached hydrogen (secondary N) is 1. The van der Waals surface area contributed by atoms with Crippen molar-refractivity contribution in [3.05, 3.63) is 28.5 Å². The molecule has 1 aromatic rings. The van der Waals surface area contributed by atoms with Crippen LogP contribution in [0.2, 0.25) is 0 Å². The molecule has 0 spiro atoms. The highest BCUT2D eigenvalue weighted by Crippen LogP contribution is 2.16. The molecule has 0 fully saturated rings. The van der Waals surface area contributed by atoms with Gasteiger partial charge in [0.05, 0.1) is 0 Å². The number of nitrogens with zero attached hydrogens (tertiary/aromatic N) is 1. The summed E-state index contributed by atoms with van der Waals surface area (Å²) in [6.07, 6.45) is 1.59. The van der Waals surface area contributed by atoms with E-state index in [2.05, 4.69) is 26.2 Å². The van der Waals surface area contributed by atoms with Crippen molar-refractivity contribution in [3.63, 3.8) is 0 Å². The molecule has 0 unspecified atom stereocenters. The van der Waals surface area contributed by atoms with Crippen molar-refractivity contribution < 1.29 is 4.79 Å². The Morgan fingerprint density at radius 1 is 1.62 bits per heavy atom. The zero-order valence-electron chi connectivity index (χ0n) is 9.26. The monoisotopic (exact) mass is 304 g/mol. The van der Waals surface area contributed by atoms with E-state index in [1.165, 1.54) is 0 Å². The van der Waals surface area contributed by atoms with Gasteiger partial charge in [-0.3, -0.25) is 4.79 Å². The number of carbonyl (C=O) groups is 1. The number of hydrogen-bond acceptors (Lipinski definition) is 2. The van der Waals surface area contributed by atoms with Crippen LogP contribution in [0.25, 0.3) is 0 Å². The lowest BCUT2D eigenvalue weighted by Gasteiger charge is -2.21. The standard InChI is InChI=1S/C11H14BrClN2O/c1-11(2,6-13)7-15-10(16)9-8(12)4-3-5-14-9/h3-5H,6-7H2,1-2H3,(H,15,16). The Morgan fingerprint density at radius 3 is 2.88 bits per heavy atom. The second-order valence-electron chi connectivity index (χ2n) is 4.31. The summed E-state index contributed by atoms with van der Waals surface area (Å²) in [6, 6.07) is 3.55. The number of pyridine rings is 1. The Balaban J connectivity index is 2.64. The van der Waals surface area contributed by atoms with Gasteiger partial charge in [-0.15, -0.1) is 11.6 Å². The van der Waals surface area contributed by atoms with E-state index < -0.39 is 0 Å². The fourth-order valence-electron chi connectivity index (χ4n) is 1.00. The Morgan fingerprint density at radius 2 is 2.31 bits per heavy atom. The van der Waals surface area contributed by atoms with E-state index in [-0.39, 0.29) is 11.3 Å². The number of halogens is 2. The first-order chi connectivity index (χ1) is 7.46. The van der Waals surface area contributed by atoms with Crippen molar-refractivity contribution in [2.24, 2.45) is 5.41 Å². The zero-order chi connectivity index (χ0) is 12.2. The van der Waals surface area contributed by atoms with Crippen LogP contribution in [0.4, 0.5) is 0 Å². The Labute approximate surface area is 109 Å². The molecule has 0 radical (unpaired) electrons. The molecule has 1 rings (SSSR count). The minimum atomic E-state index is -0.189. The average Bonchev–Trinajstić information content (AvgIpc) is 2.27. The van der Waals surface area contributed by atoms with Crippen molar-refractivity contribution in [2.45, 2.75) is 13.8 Å². The van der Waals surface area contributed by atoms with Crippen LogP contribution in [0, 0.1) is 5.41 Å². The molecule has 0 aliphatic carbocycles. The number of alkyl halides is 1. The van der Waals surface area contributed by atoms with Gasteiger partial charge in [-0.05, 0) is 33.5 Å². The molecule has 88 valence electrons. The molecule has 0 aromatic carbocycles. The van der Waals surface area contributed by atoms with E-state index in [0.29, 0.717) is 22.6 Å². The zero-order valence-corrected chi connectivity index (χ0v) is 11.6. The van der Waals surface area contributed by atoms with Crippen LogP contribution in [0.5, 0.6) is 0 Å². The molecular weight excluding hydrogens is 291 g/mol. The first-order valence-electron chi connectivity index (χ1n) is 4.91. The molecule has 0 aliphatic heterocycles. The minimum Gasteiger partial charge on any atom is -0.350 e. The van der Waals surface area contributed by atoms with Crippen LogP contribution in [0.3, 0.4) is 0 Å². The van der Waals surface area contributed by atoms with Gasteiger partial charge < -0.3 is 5.32 Å². The van der Waals surface area contributed by atoms with Gasteiger partial charge in [0.2, 0.25) is 0 Å². The normalized spacial score (nSPS) is 11.2. The lowest BCUT2D eigenvalue weighted by molar-refractivity contribution is 0.0934. The number of amides is 1. The Hall–Kier alpha value is -0.610. The van der Waals surface area contributed by atoms with Gasteiger partial charge in [0.25, 0.3) is 5.91 Å². The smallest absolute Gasteiger partial charge is 0.271 e. The quantitative estimate of drug-likeness (QED) is 0.869. The van der Waals surface area contributed by atoms with Crippen LogP contribution >= 0.6 is 27.5 Å². The number of hydrogen-bond donors (Lipinski definition) is 1. The second kappa shape index (κ2) is 5.64. The molecule has 0 atom stereocenters. The van der Waals surface area contributed by atoms with Crippen molar-refractivity contribution in [1.29, 1.82) is 0 Å². The third-order valence-corrected chi connectivity index (χ3v) is 3.43. The van der Waals surface area contributed by atoms with Gasteiger partial charge in [0.15, 0.2) is 0 Å². The summed E-state index contributed by atoms with van der Waals surface area (Å²) in [6.45, 7) is 4.51. The predicted octanol–water partition coefficient (Wildman–Crippen LogP) is 2.84. The minimum absolute atomic E-state index is 0.113. The highest BCUT2D eigenvalue weighted by Gasteiger charge is 2.19. The molecule has 16 heavy (non-hydrogen) atoms. The maximum Gasteiger partial charge on any atom is 0.271 e. The SMILES string of the molecule is CC(C)(CCl)CNC(=O)c1ncccc1Br.